The van der Waals surface area contributed by atoms with Crippen LogP contribution in [0.2, 0.25) is 0 Å². The number of carbonyl (C=O) groups is 1. The molecule has 40 heavy (non-hydrogen) atoms. The average molecular weight is 547 g/mol. The maximum Gasteiger partial charge on any atom is 0.255 e. The van der Waals surface area contributed by atoms with Crippen LogP contribution >= 0.6 is 0 Å². The number of aromatic nitrogens is 2. The number of hydrogen-bond acceptors (Lipinski definition) is 6. The summed E-state index contributed by atoms with van der Waals surface area (Å²) in [5.74, 6) is 0.926. The van der Waals surface area contributed by atoms with Gasteiger partial charge >= 0.3 is 0 Å². The van der Waals surface area contributed by atoms with Gasteiger partial charge in [0, 0.05) is 81.1 Å². The summed E-state index contributed by atoms with van der Waals surface area (Å²) in [4.78, 5) is 23.2. The normalized spacial score (nSPS) is 14.5. The Hall–Kier alpha value is -3.88. The topological polar surface area (TPSA) is 99.7 Å². The molecule has 1 fully saturated rings. The molecule has 8 nitrogen and oxygen atoms in total. The Balaban J connectivity index is 0.000000827. The van der Waals surface area contributed by atoms with Gasteiger partial charge in [0.1, 0.15) is 11.4 Å². The van der Waals surface area contributed by atoms with Crippen LogP contribution in [0.4, 0.5) is 5.69 Å². The highest BCUT2D eigenvalue weighted by atomic mass is 16.5. The van der Waals surface area contributed by atoms with Crippen LogP contribution in [0.5, 0.6) is 5.75 Å². The summed E-state index contributed by atoms with van der Waals surface area (Å²) in [7, 11) is 6.75. The molecule has 1 atom stereocenters. The number of para-hydroxylation sites is 1. The predicted molar refractivity (Wildman–Crippen MR) is 163 cm³/mol. The molecule has 3 N–H and O–H groups in total. The summed E-state index contributed by atoms with van der Waals surface area (Å²) >= 11 is 0. The number of ether oxygens (including phenoxy) is 2. The number of H-pyrrole nitrogens is 1. The number of amides is 1. The number of hydrogen-bond donors (Lipinski definition) is 3. The number of aliphatic hydroxyl groups excluding tert-OH is 1. The largest absolute Gasteiger partial charge is 0.496 e. The van der Waals surface area contributed by atoms with Crippen molar-refractivity contribution in [2.75, 3.05) is 53.4 Å². The molecule has 5 rings (SSSR count). The molecule has 0 spiro atoms. The first-order chi connectivity index (χ1) is 19.5. The summed E-state index contributed by atoms with van der Waals surface area (Å²) < 4.78 is 9.82. The smallest absolute Gasteiger partial charge is 0.255 e. The summed E-state index contributed by atoms with van der Waals surface area (Å²) in [6.45, 7) is 5.41. The van der Waals surface area contributed by atoms with E-state index >= 15 is 0 Å². The molecular formula is C32H42N4O4. The Morgan fingerprint density at radius 2 is 1.85 bits per heavy atom. The number of piperidine rings is 1. The van der Waals surface area contributed by atoms with Crippen molar-refractivity contribution in [1.82, 2.24) is 14.9 Å². The molecule has 0 bridgehead atoms. The van der Waals surface area contributed by atoms with Gasteiger partial charge in [-0.15, -0.1) is 0 Å². The number of rotatable bonds is 6. The van der Waals surface area contributed by atoms with Crippen LogP contribution in [0.3, 0.4) is 0 Å². The van der Waals surface area contributed by atoms with Crippen LogP contribution in [0.1, 0.15) is 37.0 Å². The predicted octanol–water partition coefficient (Wildman–Crippen LogP) is 6.08. The minimum Gasteiger partial charge on any atom is -0.496 e. The molecule has 2 aromatic heterocycles. The van der Waals surface area contributed by atoms with Gasteiger partial charge in [0.2, 0.25) is 0 Å². The lowest BCUT2D eigenvalue weighted by molar-refractivity contribution is 0.0621. The second kappa shape index (κ2) is 15.1. The molecule has 8 heteroatoms. The number of methoxy groups -OCH3 is 2. The molecule has 4 aromatic rings. The van der Waals surface area contributed by atoms with Crippen molar-refractivity contribution >= 4 is 22.6 Å². The summed E-state index contributed by atoms with van der Waals surface area (Å²) in [5, 5.41) is 13.7. The first-order valence-electron chi connectivity index (χ1n) is 13.8. The van der Waals surface area contributed by atoms with Gasteiger partial charge in [-0.05, 0) is 48.6 Å². The highest BCUT2D eigenvalue weighted by molar-refractivity contribution is 6.02. The van der Waals surface area contributed by atoms with Crippen molar-refractivity contribution in [2.45, 2.75) is 26.7 Å². The van der Waals surface area contributed by atoms with Crippen molar-refractivity contribution in [3.63, 3.8) is 0 Å². The third-order valence-electron chi connectivity index (χ3n) is 6.85. The van der Waals surface area contributed by atoms with Crippen molar-refractivity contribution in [3.05, 3.63) is 66.5 Å². The van der Waals surface area contributed by atoms with Gasteiger partial charge in [0.25, 0.3) is 5.91 Å². The number of pyridine rings is 1. The van der Waals surface area contributed by atoms with Gasteiger partial charge in [0.05, 0.1) is 12.7 Å². The Morgan fingerprint density at radius 1 is 1.10 bits per heavy atom. The minimum atomic E-state index is -0.0141. The number of benzene rings is 2. The van der Waals surface area contributed by atoms with Crippen LogP contribution in [0, 0.1) is 5.92 Å². The molecular weight excluding hydrogens is 504 g/mol. The number of nitrogens with one attached hydrogen (secondary N) is 2. The van der Waals surface area contributed by atoms with Gasteiger partial charge in [-0.1, -0.05) is 38.1 Å². The summed E-state index contributed by atoms with van der Waals surface area (Å²) in [5.41, 5.74) is 6.06. The van der Waals surface area contributed by atoms with E-state index in [2.05, 4.69) is 26.1 Å². The van der Waals surface area contributed by atoms with Crippen molar-refractivity contribution in [3.8, 4) is 28.0 Å². The Bertz CT molecular complexity index is 1380. The fourth-order valence-corrected chi connectivity index (χ4v) is 4.94. The number of carbonyl (C=O) groups excluding carboxylic acids is 1. The van der Waals surface area contributed by atoms with E-state index in [4.69, 9.17) is 4.74 Å². The SMILES string of the molecule is CC.CNc1ccc(-c2cnc3[nH]cc(-c4ccccc4OC)c3c2)cc1C(=O)N1CCCC(CO)C1.COC. The molecule has 2 aromatic carbocycles. The van der Waals surface area contributed by atoms with Crippen molar-refractivity contribution < 1.29 is 19.4 Å². The zero-order valence-electron chi connectivity index (χ0n) is 24.5. The molecule has 1 amide bonds. The molecule has 0 saturated carbocycles. The molecule has 1 aliphatic heterocycles. The quantitative estimate of drug-likeness (QED) is 0.271. The van der Waals surface area contributed by atoms with Crippen LogP contribution < -0.4 is 10.1 Å². The molecule has 3 heterocycles. The molecule has 1 unspecified atom stereocenters. The monoisotopic (exact) mass is 546 g/mol. The van der Waals surface area contributed by atoms with E-state index in [1.54, 1.807) is 21.3 Å². The Kier molecular flexibility index (Phi) is 11.5. The highest BCUT2D eigenvalue weighted by Crippen LogP contribution is 2.36. The number of aromatic amines is 1. The summed E-state index contributed by atoms with van der Waals surface area (Å²) in [6.07, 6.45) is 5.64. The van der Waals surface area contributed by atoms with E-state index in [0.29, 0.717) is 18.7 Å². The van der Waals surface area contributed by atoms with E-state index in [0.717, 1.165) is 57.6 Å². The number of aliphatic hydroxyl groups is 1. The van der Waals surface area contributed by atoms with Crippen LogP contribution in [-0.4, -0.2) is 74.0 Å². The zero-order chi connectivity index (χ0) is 29.1. The fourth-order valence-electron chi connectivity index (χ4n) is 4.94. The first kappa shape index (κ1) is 30.7. The number of nitrogens with zero attached hydrogens (tertiary/aromatic N) is 2. The van der Waals surface area contributed by atoms with Crippen LogP contribution in [-0.2, 0) is 4.74 Å². The lowest BCUT2D eigenvalue weighted by atomic mass is 9.96. The fraction of sp³-hybridized carbons (Fsp3) is 0.375. The van der Waals surface area contributed by atoms with Gasteiger partial charge in [-0.25, -0.2) is 4.98 Å². The summed E-state index contributed by atoms with van der Waals surface area (Å²) in [6, 6.07) is 15.9. The maximum absolute atomic E-state index is 13.5. The number of fused-ring (bicyclic) bond motifs is 1. The Morgan fingerprint density at radius 3 is 2.55 bits per heavy atom. The molecule has 1 aliphatic rings. The van der Waals surface area contributed by atoms with Gasteiger partial charge in [0.15, 0.2) is 0 Å². The molecule has 0 aliphatic carbocycles. The van der Waals surface area contributed by atoms with Gasteiger partial charge in [-0.2, -0.15) is 0 Å². The van der Waals surface area contributed by atoms with E-state index in [-0.39, 0.29) is 18.4 Å². The lowest BCUT2D eigenvalue weighted by Gasteiger charge is -2.32. The standard InChI is InChI=1S/C28H30N4O3.C2H6O.C2H6/c1-29-25-10-9-19(12-23(25)28(34)32-11-5-6-18(16-32)17-33)20-13-22-24(15-31-27(22)30-14-20)21-7-3-4-8-26(21)35-2;1-3-2;1-2/h3-4,7-10,12-15,18,29,33H,5-6,11,16-17H2,1-2H3,(H,30,31);1-2H3;1-2H3. The lowest BCUT2D eigenvalue weighted by Crippen LogP contribution is -2.41. The highest BCUT2D eigenvalue weighted by Gasteiger charge is 2.26. The minimum absolute atomic E-state index is 0.0141. The zero-order valence-corrected chi connectivity index (χ0v) is 24.5. The molecule has 1 saturated heterocycles. The third-order valence-corrected chi connectivity index (χ3v) is 6.85. The van der Waals surface area contributed by atoms with E-state index < -0.39 is 0 Å². The maximum atomic E-state index is 13.5. The van der Waals surface area contributed by atoms with Crippen LogP contribution in [0.15, 0.2) is 60.9 Å². The second-order valence-corrected chi connectivity index (χ2v) is 9.38. The number of anilines is 1. The second-order valence-electron chi connectivity index (χ2n) is 9.38. The van der Waals surface area contributed by atoms with Crippen molar-refractivity contribution in [2.24, 2.45) is 5.92 Å². The third kappa shape index (κ3) is 6.81. The van der Waals surface area contributed by atoms with Gasteiger partial charge in [-0.3, -0.25) is 4.79 Å². The first-order valence-corrected chi connectivity index (χ1v) is 13.8. The Labute approximate surface area is 237 Å². The van der Waals surface area contributed by atoms with Crippen molar-refractivity contribution in [1.29, 1.82) is 0 Å². The van der Waals surface area contributed by atoms with E-state index in [1.165, 1.54) is 0 Å². The van der Waals surface area contributed by atoms with Gasteiger partial charge < -0.3 is 29.8 Å². The van der Waals surface area contributed by atoms with E-state index in [1.807, 2.05) is 80.7 Å². The average Bonchev–Trinajstić information content (AvgIpc) is 3.45. The molecule has 0 radical (unpaired) electrons. The van der Waals surface area contributed by atoms with Crippen LogP contribution in [0.25, 0.3) is 33.3 Å². The van der Waals surface area contributed by atoms with E-state index in [9.17, 15) is 9.90 Å². The number of likely N-dealkylation sites (tertiary alicyclic amines) is 1. The molecule has 214 valence electrons.